The lowest BCUT2D eigenvalue weighted by Crippen LogP contribution is -2.18. The van der Waals surface area contributed by atoms with Crippen LogP contribution in [0.15, 0.2) is 12.1 Å². The highest BCUT2D eigenvalue weighted by atomic mass is 35.5. The molecule has 0 saturated heterocycles. The lowest BCUT2D eigenvalue weighted by molar-refractivity contribution is 0.554. The normalized spacial score (nSPS) is 11.7. The Kier molecular flexibility index (Phi) is 5.13. The third-order valence-corrected chi connectivity index (χ3v) is 5.12. The highest BCUT2D eigenvalue weighted by Gasteiger charge is 2.15. The van der Waals surface area contributed by atoms with Crippen molar-refractivity contribution in [1.29, 1.82) is 0 Å². The minimum absolute atomic E-state index is 0.659. The van der Waals surface area contributed by atoms with Crippen molar-refractivity contribution in [2.45, 2.75) is 33.7 Å². The summed E-state index contributed by atoms with van der Waals surface area (Å²) in [5.41, 5.74) is 1.34. The van der Waals surface area contributed by atoms with Crippen molar-refractivity contribution in [2.24, 2.45) is 5.92 Å². The highest BCUT2D eigenvalue weighted by Crippen LogP contribution is 2.40. The molecule has 1 aromatic carbocycles. The molecule has 0 aliphatic carbocycles. The summed E-state index contributed by atoms with van der Waals surface area (Å²) in [6.45, 7) is 8.52. The Balaban J connectivity index is 2.39. The molecular weight excluding hydrogens is 297 g/mol. The first-order valence-electron chi connectivity index (χ1n) is 6.63. The highest BCUT2D eigenvalue weighted by molar-refractivity contribution is 7.20. The summed E-state index contributed by atoms with van der Waals surface area (Å²) in [7, 11) is 0. The molecule has 1 N–H and O–H groups in total. The first-order valence-corrected chi connectivity index (χ1v) is 8.20. The molecule has 2 aromatic rings. The Morgan fingerprint density at radius 3 is 2.53 bits per heavy atom. The van der Waals surface area contributed by atoms with E-state index in [9.17, 15) is 0 Å². The van der Waals surface area contributed by atoms with Crippen molar-refractivity contribution in [3.8, 4) is 0 Å². The predicted octanol–water partition coefficient (Wildman–Crippen LogP) is 5.52. The molecule has 1 nitrogen and oxygen atoms in total. The first-order chi connectivity index (χ1) is 9.04. The van der Waals surface area contributed by atoms with Gasteiger partial charge in [0, 0.05) is 21.8 Å². The minimum Gasteiger partial charge on any atom is -0.312 e. The predicted molar refractivity (Wildman–Crippen MR) is 87.8 cm³/mol. The SMILES string of the molecule is CCc1c(CNCC(C)C)sc2c(Cl)ccc(Cl)c12. The van der Waals surface area contributed by atoms with E-state index in [1.165, 1.54) is 10.4 Å². The van der Waals surface area contributed by atoms with Crippen LogP contribution in [0.2, 0.25) is 10.0 Å². The van der Waals surface area contributed by atoms with Crippen LogP contribution in [0.3, 0.4) is 0 Å². The van der Waals surface area contributed by atoms with Crippen LogP contribution in [0.25, 0.3) is 10.1 Å². The number of hydrogen-bond donors (Lipinski definition) is 1. The zero-order valence-corrected chi connectivity index (χ0v) is 13.8. The van der Waals surface area contributed by atoms with E-state index in [4.69, 9.17) is 23.2 Å². The maximum absolute atomic E-state index is 6.34. The fraction of sp³-hybridized carbons (Fsp3) is 0.467. The van der Waals surface area contributed by atoms with Gasteiger partial charge >= 0.3 is 0 Å². The van der Waals surface area contributed by atoms with Crippen LogP contribution in [-0.4, -0.2) is 6.54 Å². The zero-order chi connectivity index (χ0) is 14.0. The maximum atomic E-state index is 6.34. The third-order valence-electron chi connectivity index (χ3n) is 3.11. The van der Waals surface area contributed by atoms with Crippen molar-refractivity contribution in [2.75, 3.05) is 6.54 Å². The average Bonchev–Trinajstić information content (AvgIpc) is 2.73. The van der Waals surface area contributed by atoms with E-state index in [1.54, 1.807) is 11.3 Å². The lowest BCUT2D eigenvalue weighted by Gasteiger charge is -2.07. The van der Waals surface area contributed by atoms with E-state index in [0.29, 0.717) is 5.92 Å². The number of aryl methyl sites for hydroxylation is 1. The Bertz CT molecular complexity index is 575. The fourth-order valence-corrected chi connectivity index (χ4v) is 4.12. The topological polar surface area (TPSA) is 12.0 Å². The largest absolute Gasteiger partial charge is 0.312 e. The van der Waals surface area contributed by atoms with Crippen molar-refractivity contribution in [3.63, 3.8) is 0 Å². The Labute approximate surface area is 128 Å². The molecule has 19 heavy (non-hydrogen) atoms. The van der Waals surface area contributed by atoms with Crippen LogP contribution >= 0.6 is 34.5 Å². The zero-order valence-electron chi connectivity index (χ0n) is 11.5. The van der Waals surface area contributed by atoms with Gasteiger partial charge in [-0.3, -0.25) is 0 Å². The number of thiophene rings is 1. The second-order valence-corrected chi connectivity index (χ2v) is 7.03. The number of halogens is 2. The molecule has 2 rings (SSSR count). The summed E-state index contributed by atoms with van der Waals surface area (Å²) < 4.78 is 1.12. The molecule has 0 unspecified atom stereocenters. The fourth-order valence-electron chi connectivity index (χ4n) is 2.23. The van der Waals surface area contributed by atoms with Gasteiger partial charge in [-0.15, -0.1) is 11.3 Å². The quantitative estimate of drug-likeness (QED) is 0.766. The second-order valence-electron chi connectivity index (χ2n) is 5.12. The van der Waals surface area contributed by atoms with Crippen LogP contribution < -0.4 is 5.32 Å². The van der Waals surface area contributed by atoms with Gasteiger partial charge in [-0.25, -0.2) is 0 Å². The standard InChI is InChI=1S/C15H19Cl2NS/c1-4-10-13(8-18-7-9(2)3)19-15-12(17)6-5-11(16)14(10)15/h5-6,9,18H,4,7-8H2,1-3H3. The van der Waals surface area contributed by atoms with Crippen LogP contribution in [0, 0.1) is 5.92 Å². The van der Waals surface area contributed by atoms with E-state index in [0.717, 1.165) is 39.6 Å². The molecule has 0 radical (unpaired) electrons. The van der Waals surface area contributed by atoms with Gasteiger partial charge in [0.05, 0.1) is 9.72 Å². The van der Waals surface area contributed by atoms with Crippen LogP contribution in [-0.2, 0) is 13.0 Å². The van der Waals surface area contributed by atoms with E-state index >= 15 is 0 Å². The van der Waals surface area contributed by atoms with Crippen molar-refractivity contribution in [3.05, 3.63) is 32.6 Å². The third kappa shape index (κ3) is 3.25. The summed E-state index contributed by atoms with van der Waals surface area (Å²) in [5, 5.41) is 6.25. The van der Waals surface area contributed by atoms with Gasteiger partial charge in [-0.2, -0.15) is 0 Å². The van der Waals surface area contributed by atoms with Gasteiger partial charge in [0.25, 0.3) is 0 Å². The Morgan fingerprint density at radius 2 is 1.89 bits per heavy atom. The molecule has 0 saturated carbocycles. The molecule has 0 bridgehead atoms. The summed E-state index contributed by atoms with van der Waals surface area (Å²) in [5.74, 6) is 0.659. The number of fused-ring (bicyclic) bond motifs is 1. The van der Waals surface area contributed by atoms with E-state index in [2.05, 4.69) is 26.1 Å². The molecule has 0 spiro atoms. The van der Waals surface area contributed by atoms with Crippen molar-refractivity contribution < 1.29 is 0 Å². The van der Waals surface area contributed by atoms with Crippen molar-refractivity contribution in [1.82, 2.24) is 5.32 Å². The number of nitrogens with one attached hydrogen (secondary N) is 1. The Morgan fingerprint density at radius 1 is 1.21 bits per heavy atom. The molecule has 0 fully saturated rings. The number of benzene rings is 1. The van der Waals surface area contributed by atoms with Crippen LogP contribution in [0.5, 0.6) is 0 Å². The van der Waals surface area contributed by atoms with Gasteiger partial charge in [0.2, 0.25) is 0 Å². The van der Waals surface area contributed by atoms with Gasteiger partial charge in [0.1, 0.15) is 0 Å². The monoisotopic (exact) mass is 315 g/mol. The van der Waals surface area contributed by atoms with Crippen molar-refractivity contribution >= 4 is 44.6 Å². The van der Waals surface area contributed by atoms with E-state index in [-0.39, 0.29) is 0 Å². The molecule has 0 aliphatic heterocycles. The molecule has 0 amide bonds. The van der Waals surface area contributed by atoms with E-state index in [1.807, 2.05) is 12.1 Å². The molecule has 1 aromatic heterocycles. The van der Waals surface area contributed by atoms with Gasteiger partial charge in [0.15, 0.2) is 0 Å². The Hall–Kier alpha value is -0.280. The summed E-state index contributed by atoms with van der Waals surface area (Å²) in [4.78, 5) is 1.35. The molecule has 104 valence electrons. The van der Waals surface area contributed by atoms with Gasteiger partial charge in [-0.1, -0.05) is 44.0 Å². The summed E-state index contributed by atoms with van der Waals surface area (Å²) in [6.07, 6.45) is 0.985. The second kappa shape index (κ2) is 6.45. The van der Waals surface area contributed by atoms with Crippen LogP contribution in [0.1, 0.15) is 31.2 Å². The number of rotatable bonds is 5. The number of hydrogen-bond acceptors (Lipinski definition) is 2. The molecule has 0 aliphatic rings. The van der Waals surface area contributed by atoms with Gasteiger partial charge < -0.3 is 5.32 Å². The van der Waals surface area contributed by atoms with Crippen LogP contribution in [0.4, 0.5) is 0 Å². The lowest BCUT2D eigenvalue weighted by atomic mass is 10.1. The molecule has 4 heteroatoms. The molecular formula is C15H19Cl2NS. The van der Waals surface area contributed by atoms with E-state index < -0.39 is 0 Å². The molecule has 1 heterocycles. The minimum atomic E-state index is 0.659. The average molecular weight is 316 g/mol. The summed E-state index contributed by atoms with van der Waals surface area (Å²) in [6, 6.07) is 3.77. The summed E-state index contributed by atoms with van der Waals surface area (Å²) >= 11 is 14.4. The molecule has 0 atom stereocenters. The van der Waals surface area contributed by atoms with Gasteiger partial charge in [-0.05, 0) is 36.6 Å². The smallest absolute Gasteiger partial charge is 0.0585 e. The first kappa shape index (κ1) is 15.1. The maximum Gasteiger partial charge on any atom is 0.0585 e.